The molecule has 1 atom stereocenters. The molecule has 1 aliphatic rings. The zero-order chi connectivity index (χ0) is 20.4. The minimum atomic E-state index is -0.208. The van der Waals surface area contributed by atoms with E-state index >= 15 is 0 Å². The predicted octanol–water partition coefficient (Wildman–Crippen LogP) is 5.77. The molecule has 2 aromatic carbocycles. The topological polar surface area (TPSA) is 58.1 Å². The molecule has 29 heavy (non-hydrogen) atoms. The van der Waals surface area contributed by atoms with Crippen LogP contribution in [-0.4, -0.2) is 21.9 Å². The molecule has 1 amide bonds. The molecule has 0 unspecified atom stereocenters. The maximum atomic E-state index is 13.3. The molecule has 1 heterocycles. The smallest absolute Gasteiger partial charge is 0.261 e. The van der Waals surface area contributed by atoms with Gasteiger partial charge in [-0.25, -0.2) is 4.98 Å². The molecule has 5 nitrogen and oxygen atoms in total. The second-order valence-corrected chi connectivity index (χ2v) is 7.89. The van der Waals surface area contributed by atoms with Crippen LogP contribution in [0.2, 0.25) is 10.0 Å². The van der Waals surface area contributed by atoms with Crippen LogP contribution >= 0.6 is 23.2 Å². The average Bonchev–Trinajstić information content (AvgIpc) is 3.56. The highest BCUT2D eigenvalue weighted by Crippen LogP contribution is 2.34. The second-order valence-electron chi connectivity index (χ2n) is 7.05. The Kier molecular flexibility index (Phi) is 5.69. The van der Waals surface area contributed by atoms with E-state index < -0.39 is 0 Å². The summed E-state index contributed by atoms with van der Waals surface area (Å²) in [5.74, 6) is 0.807. The van der Waals surface area contributed by atoms with Crippen molar-refractivity contribution in [3.8, 4) is 0 Å². The van der Waals surface area contributed by atoms with Gasteiger partial charge in [0.15, 0.2) is 0 Å². The van der Waals surface area contributed by atoms with E-state index in [9.17, 15) is 4.79 Å². The lowest BCUT2D eigenvalue weighted by atomic mass is 10.1. The molecule has 0 bridgehead atoms. The molecular weight excluding hydrogens is 407 g/mol. The molecule has 7 heteroatoms. The van der Waals surface area contributed by atoms with E-state index in [0.29, 0.717) is 27.4 Å². The third kappa shape index (κ3) is 4.52. The van der Waals surface area contributed by atoms with Crippen LogP contribution in [0.3, 0.4) is 0 Å². The Morgan fingerprint density at radius 3 is 2.62 bits per heavy atom. The summed E-state index contributed by atoms with van der Waals surface area (Å²) in [5.41, 5.74) is 1.50. The molecule has 1 aliphatic carbocycles. The van der Waals surface area contributed by atoms with Crippen molar-refractivity contribution in [3.05, 3.63) is 82.0 Å². The van der Waals surface area contributed by atoms with E-state index in [1.54, 1.807) is 35.4 Å². The Balaban J connectivity index is 1.61. The molecule has 1 N–H and O–H groups in total. The van der Waals surface area contributed by atoms with E-state index in [2.05, 4.69) is 15.3 Å². The number of anilines is 2. The number of aromatic nitrogens is 2. The number of hydrogen-bond acceptors (Lipinski definition) is 4. The van der Waals surface area contributed by atoms with Crippen LogP contribution in [0.5, 0.6) is 0 Å². The van der Waals surface area contributed by atoms with E-state index in [4.69, 9.17) is 23.2 Å². The van der Waals surface area contributed by atoms with Crippen LogP contribution in [0.25, 0.3) is 0 Å². The van der Waals surface area contributed by atoms with Crippen LogP contribution < -0.4 is 10.2 Å². The van der Waals surface area contributed by atoms with E-state index in [0.717, 1.165) is 18.4 Å². The number of benzene rings is 2. The van der Waals surface area contributed by atoms with Gasteiger partial charge in [-0.15, -0.1) is 0 Å². The maximum Gasteiger partial charge on any atom is 0.261 e. The van der Waals surface area contributed by atoms with Crippen LogP contribution in [-0.2, 0) is 0 Å². The van der Waals surface area contributed by atoms with Gasteiger partial charge in [-0.05, 0) is 49.6 Å². The van der Waals surface area contributed by atoms with E-state index in [1.165, 1.54) is 0 Å². The van der Waals surface area contributed by atoms with Gasteiger partial charge in [0, 0.05) is 17.3 Å². The molecule has 0 saturated heterocycles. The van der Waals surface area contributed by atoms with Crippen LogP contribution in [0.15, 0.2) is 60.8 Å². The van der Waals surface area contributed by atoms with Gasteiger partial charge in [0.25, 0.3) is 5.91 Å². The number of halogens is 2. The second kappa shape index (κ2) is 8.39. The van der Waals surface area contributed by atoms with Crippen molar-refractivity contribution in [2.24, 2.45) is 0 Å². The zero-order valence-corrected chi connectivity index (χ0v) is 17.4. The normalized spacial score (nSPS) is 14.3. The van der Waals surface area contributed by atoms with Gasteiger partial charge in [0.1, 0.15) is 5.82 Å². The highest BCUT2D eigenvalue weighted by Gasteiger charge is 2.36. The number of carbonyl (C=O) groups is 1. The summed E-state index contributed by atoms with van der Waals surface area (Å²) in [6, 6.07) is 16.8. The molecule has 0 radical (unpaired) electrons. The van der Waals surface area contributed by atoms with Crippen LogP contribution in [0.4, 0.5) is 11.8 Å². The highest BCUT2D eigenvalue weighted by molar-refractivity contribution is 6.36. The Hall–Kier alpha value is -2.63. The van der Waals surface area contributed by atoms with Crippen molar-refractivity contribution >= 4 is 40.9 Å². The van der Waals surface area contributed by atoms with Gasteiger partial charge >= 0.3 is 0 Å². The Labute approximate surface area is 179 Å². The van der Waals surface area contributed by atoms with Crippen LogP contribution in [0.1, 0.15) is 41.7 Å². The fourth-order valence-corrected chi connectivity index (χ4v) is 3.52. The molecule has 4 rings (SSSR count). The number of nitrogens with zero attached hydrogens (tertiary/aromatic N) is 3. The van der Waals surface area contributed by atoms with Gasteiger partial charge < -0.3 is 5.32 Å². The first-order chi connectivity index (χ1) is 14.0. The molecule has 1 aromatic heterocycles. The summed E-state index contributed by atoms with van der Waals surface area (Å²) in [4.78, 5) is 23.9. The maximum absolute atomic E-state index is 13.3. The Bertz CT molecular complexity index is 1020. The summed E-state index contributed by atoms with van der Waals surface area (Å²) in [6.07, 6.45) is 3.51. The lowest BCUT2D eigenvalue weighted by Gasteiger charge is -2.23. The van der Waals surface area contributed by atoms with Gasteiger partial charge in [-0.1, -0.05) is 53.5 Å². The van der Waals surface area contributed by atoms with Crippen molar-refractivity contribution in [2.45, 2.75) is 31.8 Å². The minimum absolute atomic E-state index is 0.0268. The van der Waals surface area contributed by atoms with Gasteiger partial charge in [0.2, 0.25) is 5.95 Å². The molecule has 0 aliphatic heterocycles. The quantitative estimate of drug-likeness (QED) is 0.543. The standard InChI is InChI=1S/C22H20Cl2N4O/c1-14(15-5-3-2-4-6-15)26-22-25-12-11-20(27-22)28(17-8-9-17)21(29)18-13-16(23)7-10-19(18)24/h2-7,10-14,17H,8-9H2,1H3,(H,25,26,27)/t14-/m0/s1. The third-order valence-corrected chi connectivity index (χ3v) is 5.39. The number of nitrogens with one attached hydrogen (secondary N) is 1. The predicted molar refractivity (Wildman–Crippen MR) is 117 cm³/mol. The summed E-state index contributed by atoms with van der Waals surface area (Å²) >= 11 is 12.3. The van der Waals surface area contributed by atoms with Crippen molar-refractivity contribution in [1.29, 1.82) is 0 Å². The number of hydrogen-bond donors (Lipinski definition) is 1. The van der Waals surface area contributed by atoms with Gasteiger partial charge in [-0.2, -0.15) is 4.98 Å². The lowest BCUT2D eigenvalue weighted by Crippen LogP contribution is -2.34. The highest BCUT2D eigenvalue weighted by atomic mass is 35.5. The largest absolute Gasteiger partial charge is 0.348 e. The summed E-state index contributed by atoms with van der Waals surface area (Å²) in [7, 11) is 0. The van der Waals surface area contributed by atoms with Crippen molar-refractivity contribution < 1.29 is 4.79 Å². The first-order valence-electron chi connectivity index (χ1n) is 9.46. The molecule has 1 fully saturated rings. The van der Waals surface area contributed by atoms with Crippen molar-refractivity contribution in [2.75, 3.05) is 10.2 Å². The number of rotatable bonds is 6. The summed E-state index contributed by atoms with van der Waals surface area (Å²) in [5, 5.41) is 4.14. The van der Waals surface area contributed by atoms with Crippen molar-refractivity contribution in [1.82, 2.24) is 9.97 Å². The molecule has 148 valence electrons. The van der Waals surface area contributed by atoms with Crippen molar-refractivity contribution in [3.63, 3.8) is 0 Å². The van der Waals surface area contributed by atoms with E-state index in [-0.39, 0.29) is 18.0 Å². The molecular formula is C22H20Cl2N4O. The first kappa shape index (κ1) is 19.7. The Morgan fingerprint density at radius 1 is 1.14 bits per heavy atom. The van der Waals surface area contributed by atoms with E-state index in [1.807, 2.05) is 37.3 Å². The molecule has 0 spiro atoms. The fourth-order valence-electron chi connectivity index (χ4n) is 3.15. The monoisotopic (exact) mass is 426 g/mol. The Morgan fingerprint density at radius 2 is 1.90 bits per heavy atom. The SMILES string of the molecule is C[C@H](Nc1nccc(N(C(=O)c2cc(Cl)ccc2Cl)C2CC2)n1)c1ccccc1. The third-order valence-electron chi connectivity index (χ3n) is 4.82. The average molecular weight is 427 g/mol. The summed E-state index contributed by atoms with van der Waals surface area (Å²) < 4.78 is 0. The minimum Gasteiger partial charge on any atom is -0.348 e. The molecule has 1 saturated carbocycles. The van der Waals surface area contributed by atoms with Gasteiger partial charge in [0.05, 0.1) is 16.6 Å². The zero-order valence-electron chi connectivity index (χ0n) is 15.8. The molecule has 3 aromatic rings. The summed E-state index contributed by atoms with van der Waals surface area (Å²) in [6.45, 7) is 2.04. The van der Waals surface area contributed by atoms with Crippen LogP contribution in [0, 0.1) is 0 Å². The first-order valence-corrected chi connectivity index (χ1v) is 10.2. The lowest BCUT2D eigenvalue weighted by molar-refractivity contribution is 0.0984. The fraction of sp³-hybridized carbons (Fsp3) is 0.227. The number of amides is 1. The van der Waals surface area contributed by atoms with Gasteiger partial charge in [-0.3, -0.25) is 9.69 Å². The number of carbonyl (C=O) groups excluding carboxylic acids is 1.